The quantitative estimate of drug-likeness (QED) is 0.672. The zero-order chi connectivity index (χ0) is 11.3. The predicted molar refractivity (Wildman–Crippen MR) is 56.9 cm³/mol. The van der Waals surface area contributed by atoms with Crippen LogP contribution in [0.15, 0.2) is 0 Å². The highest BCUT2D eigenvalue weighted by molar-refractivity contribution is 5.75. The van der Waals surface area contributed by atoms with E-state index in [2.05, 4.69) is 11.0 Å². The largest absolute Gasteiger partial charge is 0.369 e. The van der Waals surface area contributed by atoms with Crippen molar-refractivity contribution in [2.45, 2.75) is 19.4 Å². The normalized spacial score (nSPS) is 20.8. The molecule has 1 aliphatic rings. The van der Waals surface area contributed by atoms with Crippen molar-refractivity contribution in [3.05, 3.63) is 0 Å². The minimum Gasteiger partial charge on any atom is -0.369 e. The number of primary amides is 1. The Bertz CT molecular complexity index is 253. The van der Waals surface area contributed by atoms with Gasteiger partial charge in [-0.2, -0.15) is 5.26 Å². The molecule has 15 heavy (non-hydrogen) atoms. The van der Waals surface area contributed by atoms with Gasteiger partial charge < -0.3 is 5.73 Å². The van der Waals surface area contributed by atoms with Gasteiger partial charge in [0.1, 0.15) is 0 Å². The smallest absolute Gasteiger partial charge is 0.231 e. The summed E-state index contributed by atoms with van der Waals surface area (Å²) in [5.41, 5.74) is 5.12. The van der Waals surface area contributed by atoms with Crippen molar-refractivity contribution in [2.75, 3.05) is 32.7 Å². The minimum atomic E-state index is -0.282. The molecule has 1 saturated heterocycles. The third-order valence-electron chi connectivity index (χ3n) is 2.76. The van der Waals surface area contributed by atoms with Crippen LogP contribution in [0.5, 0.6) is 0 Å². The molecule has 0 saturated carbocycles. The number of nitrogens with zero attached hydrogens (tertiary/aromatic N) is 3. The summed E-state index contributed by atoms with van der Waals surface area (Å²) >= 11 is 0. The average molecular weight is 210 g/mol. The molecule has 0 spiro atoms. The summed E-state index contributed by atoms with van der Waals surface area (Å²) in [6, 6.07) is 2.31. The van der Waals surface area contributed by atoms with Crippen LogP contribution in [-0.4, -0.2) is 54.5 Å². The molecule has 0 bridgehead atoms. The van der Waals surface area contributed by atoms with Crippen LogP contribution in [0.2, 0.25) is 0 Å². The average Bonchev–Trinajstić information content (AvgIpc) is 2.21. The highest BCUT2D eigenvalue weighted by Crippen LogP contribution is 2.08. The Hall–Kier alpha value is -1.12. The Balaban J connectivity index is 2.35. The molecule has 2 N–H and O–H groups in total. The van der Waals surface area contributed by atoms with Gasteiger partial charge >= 0.3 is 0 Å². The second-order valence-electron chi connectivity index (χ2n) is 3.83. The Morgan fingerprint density at radius 2 is 2.07 bits per heavy atom. The molecule has 1 heterocycles. The third kappa shape index (κ3) is 3.50. The SMILES string of the molecule is CCC(C#N)N1CCN(CC(N)=O)CC1. The van der Waals surface area contributed by atoms with E-state index in [1.54, 1.807) is 0 Å². The highest BCUT2D eigenvalue weighted by Gasteiger charge is 2.22. The highest BCUT2D eigenvalue weighted by atomic mass is 16.1. The molecule has 0 aromatic rings. The fourth-order valence-corrected chi connectivity index (χ4v) is 1.88. The first-order valence-electron chi connectivity index (χ1n) is 5.31. The minimum absolute atomic E-state index is 0.0146. The van der Waals surface area contributed by atoms with Crippen LogP contribution in [0.4, 0.5) is 0 Å². The van der Waals surface area contributed by atoms with E-state index in [1.165, 1.54) is 0 Å². The van der Waals surface area contributed by atoms with Gasteiger partial charge in [-0.3, -0.25) is 14.6 Å². The number of amides is 1. The summed E-state index contributed by atoms with van der Waals surface area (Å²) in [6.07, 6.45) is 0.853. The van der Waals surface area contributed by atoms with Crippen molar-refractivity contribution in [3.8, 4) is 6.07 Å². The van der Waals surface area contributed by atoms with E-state index >= 15 is 0 Å². The number of hydrogen-bond donors (Lipinski definition) is 1. The molecular formula is C10H18N4O. The van der Waals surface area contributed by atoms with Crippen LogP contribution in [0, 0.1) is 11.3 Å². The molecule has 0 radical (unpaired) electrons. The molecule has 1 fully saturated rings. The maximum absolute atomic E-state index is 10.7. The van der Waals surface area contributed by atoms with E-state index < -0.39 is 0 Å². The van der Waals surface area contributed by atoms with Gasteiger partial charge in [0.05, 0.1) is 18.7 Å². The van der Waals surface area contributed by atoms with Crippen molar-refractivity contribution in [1.82, 2.24) is 9.80 Å². The first kappa shape index (κ1) is 12.0. The lowest BCUT2D eigenvalue weighted by atomic mass is 10.2. The standard InChI is InChI=1S/C10H18N4O/c1-2-9(7-11)14-5-3-13(4-6-14)8-10(12)15/h9H,2-6,8H2,1H3,(H2,12,15). The lowest BCUT2D eigenvalue weighted by molar-refractivity contribution is -0.119. The van der Waals surface area contributed by atoms with E-state index in [1.807, 2.05) is 11.8 Å². The maximum Gasteiger partial charge on any atom is 0.231 e. The van der Waals surface area contributed by atoms with E-state index in [0.29, 0.717) is 6.54 Å². The van der Waals surface area contributed by atoms with Crippen LogP contribution >= 0.6 is 0 Å². The Morgan fingerprint density at radius 1 is 1.47 bits per heavy atom. The Kier molecular flexibility index (Phi) is 4.53. The number of carbonyl (C=O) groups is 1. The van der Waals surface area contributed by atoms with Gasteiger partial charge in [-0.15, -0.1) is 0 Å². The first-order chi connectivity index (χ1) is 7.17. The van der Waals surface area contributed by atoms with Gasteiger partial charge in [-0.25, -0.2) is 0 Å². The van der Waals surface area contributed by atoms with Gasteiger partial charge in [0.25, 0.3) is 0 Å². The fraction of sp³-hybridized carbons (Fsp3) is 0.800. The van der Waals surface area contributed by atoms with Crippen molar-refractivity contribution < 1.29 is 4.79 Å². The molecule has 0 aliphatic carbocycles. The molecule has 0 aromatic carbocycles. The van der Waals surface area contributed by atoms with Gasteiger partial charge in [-0.1, -0.05) is 6.92 Å². The van der Waals surface area contributed by atoms with Gasteiger partial charge in [-0.05, 0) is 6.42 Å². The summed E-state index contributed by atoms with van der Waals surface area (Å²) in [7, 11) is 0. The molecule has 5 heteroatoms. The van der Waals surface area contributed by atoms with Gasteiger partial charge in [0, 0.05) is 26.2 Å². The Morgan fingerprint density at radius 3 is 2.47 bits per heavy atom. The van der Waals surface area contributed by atoms with E-state index in [4.69, 9.17) is 11.0 Å². The lowest BCUT2D eigenvalue weighted by Crippen LogP contribution is -2.51. The number of nitrogens with two attached hydrogens (primary N) is 1. The number of hydrogen-bond acceptors (Lipinski definition) is 4. The second-order valence-corrected chi connectivity index (χ2v) is 3.83. The van der Waals surface area contributed by atoms with Crippen LogP contribution in [0.25, 0.3) is 0 Å². The molecule has 5 nitrogen and oxygen atoms in total. The molecule has 1 amide bonds. The van der Waals surface area contributed by atoms with Crippen molar-refractivity contribution >= 4 is 5.91 Å². The third-order valence-corrected chi connectivity index (χ3v) is 2.76. The molecule has 1 aliphatic heterocycles. The van der Waals surface area contributed by atoms with Crippen molar-refractivity contribution in [3.63, 3.8) is 0 Å². The number of nitriles is 1. The summed E-state index contributed by atoms with van der Waals surface area (Å²) in [4.78, 5) is 14.9. The number of rotatable bonds is 4. The Labute approximate surface area is 90.4 Å². The summed E-state index contributed by atoms with van der Waals surface area (Å²) in [6.45, 7) is 5.68. The van der Waals surface area contributed by atoms with E-state index in [0.717, 1.165) is 32.6 Å². The molecule has 1 atom stereocenters. The van der Waals surface area contributed by atoms with E-state index in [9.17, 15) is 4.79 Å². The zero-order valence-electron chi connectivity index (χ0n) is 9.15. The topological polar surface area (TPSA) is 73.4 Å². The second kappa shape index (κ2) is 5.69. The molecule has 1 unspecified atom stereocenters. The van der Waals surface area contributed by atoms with Gasteiger partial charge in [0.2, 0.25) is 5.91 Å². The predicted octanol–water partition coefficient (Wildman–Crippen LogP) is -0.609. The van der Waals surface area contributed by atoms with Gasteiger partial charge in [0.15, 0.2) is 0 Å². The van der Waals surface area contributed by atoms with Crippen LogP contribution < -0.4 is 5.73 Å². The van der Waals surface area contributed by atoms with Crippen LogP contribution in [0.1, 0.15) is 13.3 Å². The molecular weight excluding hydrogens is 192 g/mol. The lowest BCUT2D eigenvalue weighted by Gasteiger charge is -2.35. The first-order valence-corrected chi connectivity index (χ1v) is 5.31. The molecule has 1 rings (SSSR count). The summed E-state index contributed by atoms with van der Waals surface area (Å²) in [5.74, 6) is -0.282. The summed E-state index contributed by atoms with van der Waals surface area (Å²) < 4.78 is 0. The number of piperazine rings is 1. The van der Waals surface area contributed by atoms with Crippen LogP contribution in [-0.2, 0) is 4.79 Å². The summed E-state index contributed by atoms with van der Waals surface area (Å²) in [5, 5.41) is 8.91. The monoisotopic (exact) mass is 210 g/mol. The van der Waals surface area contributed by atoms with Crippen LogP contribution in [0.3, 0.4) is 0 Å². The molecule has 84 valence electrons. The van der Waals surface area contributed by atoms with E-state index in [-0.39, 0.29) is 11.9 Å². The maximum atomic E-state index is 10.7. The number of carbonyl (C=O) groups excluding carboxylic acids is 1. The zero-order valence-corrected chi connectivity index (χ0v) is 9.15. The fourth-order valence-electron chi connectivity index (χ4n) is 1.88. The van der Waals surface area contributed by atoms with Crippen molar-refractivity contribution in [1.29, 1.82) is 5.26 Å². The molecule has 0 aromatic heterocycles. The van der Waals surface area contributed by atoms with Crippen molar-refractivity contribution in [2.24, 2.45) is 5.73 Å².